The summed E-state index contributed by atoms with van der Waals surface area (Å²) in [5.41, 5.74) is 7.38. The number of thiocarbonyl (C=S) groups is 1. The van der Waals surface area contributed by atoms with Gasteiger partial charge in [-0.1, -0.05) is 26.1 Å². The van der Waals surface area contributed by atoms with Gasteiger partial charge in [-0.3, -0.25) is 0 Å². The SMILES string of the molecule is COCC(Nc1cc(C(N)=S)cc(C)n1)C(C)C. The minimum atomic E-state index is 0.212. The Labute approximate surface area is 114 Å². The molecule has 0 saturated carbocycles. The largest absolute Gasteiger partial charge is 0.389 e. The van der Waals surface area contributed by atoms with Gasteiger partial charge in [0.1, 0.15) is 10.8 Å². The van der Waals surface area contributed by atoms with E-state index in [0.717, 1.165) is 17.1 Å². The molecule has 4 nitrogen and oxygen atoms in total. The molecule has 18 heavy (non-hydrogen) atoms. The fraction of sp³-hybridized carbons (Fsp3) is 0.538. The Morgan fingerprint density at radius 2 is 2.17 bits per heavy atom. The summed E-state index contributed by atoms with van der Waals surface area (Å²) < 4.78 is 5.20. The quantitative estimate of drug-likeness (QED) is 0.773. The lowest BCUT2D eigenvalue weighted by molar-refractivity contribution is 0.171. The second-order valence-corrected chi connectivity index (χ2v) is 5.14. The van der Waals surface area contributed by atoms with Crippen LogP contribution in [0.3, 0.4) is 0 Å². The van der Waals surface area contributed by atoms with E-state index in [9.17, 15) is 0 Å². The first-order valence-electron chi connectivity index (χ1n) is 5.98. The first kappa shape index (κ1) is 14.9. The van der Waals surface area contributed by atoms with Crippen molar-refractivity contribution in [1.82, 2.24) is 4.98 Å². The summed E-state index contributed by atoms with van der Waals surface area (Å²) in [7, 11) is 1.70. The van der Waals surface area contributed by atoms with Crippen LogP contribution in [0.5, 0.6) is 0 Å². The van der Waals surface area contributed by atoms with Gasteiger partial charge in [-0.25, -0.2) is 4.98 Å². The molecule has 1 heterocycles. The molecule has 0 aliphatic rings. The maximum Gasteiger partial charge on any atom is 0.127 e. The van der Waals surface area contributed by atoms with Gasteiger partial charge >= 0.3 is 0 Å². The van der Waals surface area contributed by atoms with Crippen molar-refractivity contribution in [3.8, 4) is 0 Å². The standard InChI is InChI=1S/C13H21N3OS/c1-8(2)11(7-17-4)16-12-6-10(13(14)18)5-9(3)15-12/h5-6,8,11H,7H2,1-4H3,(H2,14,18)(H,15,16). The highest BCUT2D eigenvalue weighted by Gasteiger charge is 2.14. The highest BCUT2D eigenvalue weighted by atomic mass is 32.1. The van der Waals surface area contributed by atoms with Crippen molar-refractivity contribution in [3.05, 3.63) is 23.4 Å². The molecule has 5 heteroatoms. The number of pyridine rings is 1. The van der Waals surface area contributed by atoms with Gasteiger partial charge in [-0.05, 0) is 25.0 Å². The van der Waals surface area contributed by atoms with Crippen LogP contribution in [0.25, 0.3) is 0 Å². The van der Waals surface area contributed by atoms with Crippen molar-refractivity contribution in [2.45, 2.75) is 26.8 Å². The first-order chi connectivity index (χ1) is 8.43. The zero-order valence-corrected chi connectivity index (χ0v) is 12.2. The average molecular weight is 267 g/mol. The van der Waals surface area contributed by atoms with E-state index in [-0.39, 0.29) is 6.04 Å². The fourth-order valence-electron chi connectivity index (χ4n) is 1.66. The van der Waals surface area contributed by atoms with Crippen molar-refractivity contribution in [1.29, 1.82) is 0 Å². The van der Waals surface area contributed by atoms with Crippen molar-refractivity contribution in [2.75, 3.05) is 19.0 Å². The Kier molecular flexibility index (Phi) is 5.50. The minimum Gasteiger partial charge on any atom is -0.389 e. The summed E-state index contributed by atoms with van der Waals surface area (Å²) >= 11 is 5.00. The number of rotatable bonds is 6. The molecule has 1 rings (SSSR count). The zero-order valence-electron chi connectivity index (χ0n) is 11.4. The highest BCUT2D eigenvalue weighted by Crippen LogP contribution is 2.14. The van der Waals surface area contributed by atoms with Crippen LogP contribution in [0.15, 0.2) is 12.1 Å². The molecule has 3 N–H and O–H groups in total. The number of methoxy groups -OCH3 is 1. The van der Waals surface area contributed by atoms with Crippen molar-refractivity contribution < 1.29 is 4.74 Å². The predicted octanol–water partition coefficient (Wildman–Crippen LogP) is 2.11. The first-order valence-corrected chi connectivity index (χ1v) is 6.38. The van der Waals surface area contributed by atoms with Crippen LogP contribution in [-0.4, -0.2) is 29.7 Å². The molecule has 0 aliphatic carbocycles. The number of anilines is 1. The van der Waals surface area contributed by atoms with Gasteiger partial charge < -0.3 is 15.8 Å². The maximum absolute atomic E-state index is 5.65. The lowest BCUT2D eigenvalue weighted by Gasteiger charge is -2.22. The second-order valence-electron chi connectivity index (χ2n) is 4.70. The van der Waals surface area contributed by atoms with E-state index in [0.29, 0.717) is 17.5 Å². The molecule has 1 aromatic rings. The second kappa shape index (κ2) is 6.66. The van der Waals surface area contributed by atoms with Crippen LogP contribution in [0.4, 0.5) is 5.82 Å². The molecule has 0 aromatic carbocycles. The van der Waals surface area contributed by atoms with Crippen LogP contribution in [0.1, 0.15) is 25.1 Å². The number of nitrogens with two attached hydrogens (primary N) is 1. The Hall–Kier alpha value is -1.20. The van der Waals surface area contributed by atoms with E-state index in [1.54, 1.807) is 7.11 Å². The Morgan fingerprint density at radius 1 is 1.50 bits per heavy atom. The molecule has 1 unspecified atom stereocenters. The molecular weight excluding hydrogens is 246 g/mol. The summed E-state index contributed by atoms with van der Waals surface area (Å²) in [6.45, 7) is 6.84. The number of nitrogens with zero attached hydrogens (tertiary/aromatic N) is 1. The summed E-state index contributed by atoms with van der Waals surface area (Å²) in [5.74, 6) is 1.23. The smallest absolute Gasteiger partial charge is 0.127 e. The van der Waals surface area contributed by atoms with Gasteiger partial charge in [-0.15, -0.1) is 0 Å². The number of ether oxygens (including phenoxy) is 1. The predicted molar refractivity (Wildman–Crippen MR) is 79.0 cm³/mol. The Balaban J connectivity index is 2.91. The van der Waals surface area contributed by atoms with Crippen LogP contribution in [0.2, 0.25) is 0 Å². The number of aryl methyl sites for hydroxylation is 1. The van der Waals surface area contributed by atoms with Gasteiger partial charge in [0.15, 0.2) is 0 Å². The van der Waals surface area contributed by atoms with Crippen molar-refractivity contribution in [2.24, 2.45) is 11.7 Å². The summed E-state index contributed by atoms with van der Waals surface area (Å²) in [6, 6.07) is 3.97. The number of aromatic nitrogens is 1. The monoisotopic (exact) mass is 267 g/mol. The highest BCUT2D eigenvalue weighted by molar-refractivity contribution is 7.80. The lowest BCUT2D eigenvalue weighted by atomic mass is 10.1. The van der Waals surface area contributed by atoms with E-state index in [4.69, 9.17) is 22.7 Å². The molecule has 0 radical (unpaired) electrons. The Bertz CT molecular complexity index is 421. The fourth-order valence-corrected chi connectivity index (χ4v) is 1.77. The van der Waals surface area contributed by atoms with E-state index in [1.165, 1.54) is 0 Å². The third-order valence-corrected chi connectivity index (χ3v) is 2.96. The summed E-state index contributed by atoms with van der Waals surface area (Å²) in [5, 5.41) is 3.36. The van der Waals surface area contributed by atoms with Crippen LogP contribution >= 0.6 is 12.2 Å². The maximum atomic E-state index is 5.65. The van der Waals surface area contributed by atoms with E-state index < -0.39 is 0 Å². The van der Waals surface area contributed by atoms with E-state index in [2.05, 4.69) is 24.1 Å². The summed E-state index contributed by atoms with van der Waals surface area (Å²) in [6.07, 6.45) is 0. The molecule has 0 bridgehead atoms. The molecule has 0 aliphatic heterocycles. The molecule has 0 fully saturated rings. The van der Waals surface area contributed by atoms with Gasteiger partial charge in [0.05, 0.1) is 12.6 Å². The topological polar surface area (TPSA) is 60.2 Å². The van der Waals surface area contributed by atoms with Crippen LogP contribution in [0, 0.1) is 12.8 Å². The third-order valence-electron chi connectivity index (χ3n) is 2.72. The van der Waals surface area contributed by atoms with Crippen molar-refractivity contribution >= 4 is 23.0 Å². The lowest BCUT2D eigenvalue weighted by Crippen LogP contribution is -2.31. The molecule has 0 saturated heterocycles. The normalized spacial score (nSPS) is 12.5. The number of hydrogen-bond acceptors (Lipinski definition) is 4. The molecule has 0 amide bonds. The summed E-state index contributed by atoms with van der Waals surface area (Å²) in [4.78, 5) is 4.82. The Morgan fingerprint density at radius 3 is 2.67 bits per heavy atom. The molecule has 100 valence electrons. The number of nitrogens with one attached hydrogen (secondary N) is 1. The van der Waals surface area contributed by atoms with Gasteiger partial charge in [-0.2, -0.15) is 0 Å². The third kappa shape index (κ3) is 4.23. The van der Waals surface area contributed by atoms with Crippen LogP contribution in [-0.2, 0) is 4.74 Å². The minimum absolute atomic E-state index is 0.212. The molecular formula is C13H21N3OS. The van der Waals surface area contributed by atoms with Gasteiger partial charge in [0, 0.05) is 18.4 Å². The van der Waals surface area contributed by atoms with E-state index in [1.807, 2.05) is 19.1 Å². The number of hydrogen-bond donors (Lipinski definition) is 2. The van der Waals surface area contributed by atoms with Crippen molar-refractivity contribution in [3.63, 3.8) is 0 Å². The molecule has 1 aromatic heterocycles. The molecule has 0 spiro atoms. The zero-order chi connectivity index (χ0) is 13.7. The average Bonchev–Trinajstić information content (AvgIpc) is 2.27. The van der Waals surface area contributed by atoms with Crippen LogP contribution < -0.4 is 11.1 Å². The van der Waals surface area contributed by atoms with Gasteiger partial charge in [0.25, 0.3) is 0 Å². The van der Waals surface area contributed by atoms with E-state index >= 15 is 0 Å². The van der Waals surface area contributed by atoms with Gasteiger partial charge in [0.2, 0.25) is 0 Å². The molecule has 1 atom stereocenters.